The van der Waals surface area contributed by atoms with Crippen molar-refractivity contribution in [2.45, 2.75) is 26.4 Å². The molecule has 4 heteroatoms. The van der Waals surface area contributed by atoms with Gasteiger partial charge in [0.1, 0.15) is 12.1 Å². The highest BCUT2D eigenvalue weighted by atomic mass is 19.1. The van der Waals surface area contributed by atoms with E-state index in [-0.39, 0.29) is 5.82 Å². The molecule has 1 N–H and O–H groups in total. The Labute approximate surface area is 122 Å². The number of aromatic nitrogens is 1. The molecule has 0 bridgehead atoms. The van der Waals surface area contributed by atoms with Gasteiger partial charge in [0.15, 0.2) is 0 Å². The lowest BCUT2D eigenvalue weighted by Crippen LogP contribution is -2.21. The van der Waals surface area contributed by atoms with Gasteiger partial charge >= 0.3 is 0 Å². The first-order valence-corrected chi connectivity index (χ1v) is 7.00. The predicted molar refractivity (Wildman–Crippen MR) is 81.4 cm³/mol. The molecule has 1 heterocycles. The number of hydrogen-bond acceptors (Lipinski definition) is 3. The summed E-state index contributed by atoms with van der Waals surface area (Å²) >= 11 is 0. The third kappa shape index (κ3) is 2.81. The second-order valence-electron chi connectivity index (χ2n) is 5.32. The van der Waals surface area contributed by atoms with Crippen molar-refractivity contribution in [1.82, 2.24) is 10.3 Å². The summed E-state index contributed by atoms with van der Waals surface area (Å²) in [6.07, 6.45) is 1.64. The van der Waals surface area contributed by atoms with Gasteiger partial charge in [0.2, 0.25) is 5.89 Å². The maximum absolute atomic E-state index is 13.8. The summed E-state index contributed by atoms with van der Waals surface area (Å²) in [5.41, 5.74) is 1.65. The third-order valence-corrected chi connectivity index (χ3v) is 3.34. The van der Waals surface area contributed by atoms with Gasteiger partial charge in [-0.25, -0.2) is 9.37 Å². The van der Waals surface area contributed by atoms with Crippen LogP contribution in [0.25, 0.3) is 22.2 Å². The van der Waals surface area contributed by atoms with E-state index in [1.165, 1.54) is 6.07 Å². The molecule has 108 valence electrons. The number of benzene rings is 2. The molecule has 0 spiro atoms. The SMILES string of the molecule is CC(C)NCc1coc(-c2ccc(F)c3ccccc23)n1. The predicted octanol–water partition coefficient (Wildman–Crippen LogP) is 4.13. The van der Waals surface area contributed by atoms with Crippen LogP contribution >= 0.6 is 0 Å². The Morgan fingerprint density at radius 2 is 1.90 bits per heavy atom. The summed E-state index contributed by atoms with van der Waals surface area (Å²) < 4.78 is 19.4. The molecule has 0 saturated carbocycles. The van der Waals surface area contributed by atoms with Crippen molar-refractivity contribution < 1.29 is 8.81 Å². The zero-order valence-electron chi connectivity index (χ0n) is 12.1. The maximum Gasteiger partial charge on any atom is 0.226 e. The van der Waals surface area contributed by atoms with E-state index < -0.39 is 0 Å². The van der Waals surface area contributed by atoms with E-state index >= 15 is 0 Å². The number of hydrogen-bond donors (Lipinski definition) is 1. The number of nitrogens with one attached hydrogen (secondary N) is 1. The van der Waals surface area contributed by atoms with Crippen molar-refractivity contribution in [3.63, 3.8) is 0 Å². The number of rotatable bonds is 4. The fraction of sp³-hybridized carbons (Fsp3) is 0.235. The molecule has 0 saturated heterocycles. The average molecular weight is 284 g/mol. The second-order valence-corrected chi connectivity index (χ2v) is 5.32. The minimum Gasteiger partial charge on any atom is -0.444 e. The number of nitrogens with zero attached hydrogens (tertiary/aromatic N) is 1. The normalized spacial score (nSPS) is 11.4. The molecule has 0 atom stereocenters. The van der Waals surface area contributed by atoms with Crippen LogP contribution < -0.4 is 5.32 Å². The standard InChI is InChI=1S/C17H17FN2O/c1-11(2)19-9-12-10-21-17(20-12)15-7-8-16(18)14-6-4-3-5-13(14)15/h3-8,10-11,19H,9H2,1-2H3. The van der Waals surface area contributed by atoms with Crippen molar-refractivity contribution in [1.29, 1.82) is 0 Å². The number of fused-ring (bicyclic) bond motifs is 1. The van der Waals surface area contributed by atoms with Gasteiger partial charge in [-0.1, -0.05) is 38.1 Å². The topological polar surface area (TPSA) is 38.1 Å². The average Bonchev–Trinajstić information content (AvgIpc) is 2.94. The lowest BCUT2D eigenvalue weighted by Gasteiger charge is -2.05. The van der Waals surface area contributed by atoms with E-state index in [0.717, 1.165) is 16.6 Å². The largest absolute Gasteiger partial charge is 0.444 e. The Kier molecular flexibility index (Phi) is 3.71. The first kappa shape index (κ1) is 13.8. The van der Waals surface area contributed by atoms with Crippen LogP contribution in [-0.2, 0) is 6.54 Å². The fourth-order valence-corrected chi connectivity index (χ4v) is 2.27. The van der Waals surface area contributed by atoms with Crippen molar-refractivity contribution >= 4 is 10.8 Å². The van der Waals surface area contributed by atoms with Crippen LogP contribution in [0.5, 0.6) is 0 Å². The van der Waals surface area contributed by atoms with Gasteiger partial charge in [-0.3, -0.25) is 0 Å². The highest BCUT2D eigenvalue weighted by Gasteiger charge is 2.12. The molecule has 3 aromatic rings. The first-order valence-electron chi connectivity index (χ1n) is 7.00. The molecule has 3 rings (SSSR count). The molecule has 21 heavy (non-hydrogen) atoms. The highest BCUT2D eigenvalue weighted by molar-refractivity contribution is 5.95. The van der Waals surface area contributed by atoms with Crippen LogP contribution in [0.1, 0.15) is 19.5 Å². The van der Waals surface area contributed by atoms with E-state index in [2.05, 4.69) is 24.1 Å². The van der Waals surface area contributed by atoms with Crippen LogP contribution in [0.15, 0.2) is 47.1 Å². The molecular weight excluding hydrogens is 267 g/mol. The van der Waals surface area contributed by atoms with E-state index in [0.29, 0.717) is 23.9 Å². The van der Waals surface area contributed by atoms with E-state index in [4.69, 9.17) is 4.42 Å². The summed E-state index contributed by atoms with van der Waals surface area (Å²) in [7, 11) is 0. The molecule has 3 nitrogen and oxygen atoms in total. The van der Waals surface area contributed by atoms with E-state index in [9.17, 15) is 4.39 Å². The van der Waals surface area contributed by atoms with Crippen LogP contribution in [-0.4, -0.2) is 11.0 Å². The Hall–Kier alpha value is -2.20. The van der Waals surface area contributed by atoms with Crippen LogP contribution in [0.3, 0.4) is 0 Å². The van der Waals surface area contributed by atoms with Crippen molar-refractivity contribution in [2.75, 3.05) is 0 Å². The van der Waals surface area contributed by atoms with Gasteiger partial charge < -0.3 is 9.73 Å². The smallest absolute Gasteiger partial charge is 0.226 e. The molecule has 0 aliphatic heterocycles. The van der Waals surface area contributed by atoms with Gasteiger partial charge in [-0.15, -0.1) is 0 Å². The van der Waals surface area contributed by atoms with Crippen LogP contribution in [0, 0.1) is 5.82 Å². The van der Waals surface area contributed by atoms with Gasteiger partial charge in [-0.05, 0) is 17.5 Å². The summed E-state index contributed by atoms with van der Waals surface area (Å²) in [6.45, 7) is 4.81. The van der Waals surface area contributed by atoms with Crippen molar-refractivity contribution in [2.24, 2.45) is 0 Å². The molecule has 1 aromatic heterocycles. The Balaban J connectivity index is 1.99. The number of halogens is 1. The van der Waals surface area contributed by atoms with E-state index in [1.54, 1.807) is 18.4 Å². The molecule has 0 fully saturated rings. The molecule has 2 aromatic carbocycles. The zero-order valence-corrected chi connectivity index (χ0v) is 12.1. The first-order chi connectivity index (χ1) is 10.1. The van der Waals surface area contributed by atoms with Gasteiger partial charge in [0, 0.05) is 23.5 Å². The maximum atomic E-state index is 13.8. The lowest BCUT2D eigenvalue weighted by molar-refractivity contribution is 0.560. The Morgan fingerprint density at radius 3 is 2.67 bits per heavy atom. The van der Waals surface area contributed by atoms with Gasteiger partial charge in [0.25, 0.3) is 0 Å². The summed E-state index contributed by atoms with van der Waals surface area (Å²) in [5, 5.41) is 4.68. The van der Waals surface area contributed by atoms with Gasteiger partial charge in [-0.2, -0.15) is 0 Å². The minimum absolute atomic E-state index is 0.234. The minimum atomic E-state index is -0.234. The summed E-state index contributed by atoms with van der Waals surface area (Å²) in [4.78, 5) is 4.48. The quantitative estimate of drug-likeness (QED) is 0.782. The van der Waals surface area contributed by atoms with Crippen LogP contribution in [0.4, 0.5) is 4.39 Å². The van der Waals surface area contributed by atoms with Gasteiger partial charge in [0.05, 0.1) is 5.69 Å². The fourth-order valence-electron chi connectivity index (χ4n) is 2.27. The molecule has 0 aliphatic rings. The Morgan fingerprint density at radius 1 is 1.14 bits per heavy atom. The highest BCUT2D eigenvalue weighted by Crippen LogP contribution is 2.29. The second kappa shape index (κ2) is 5.66. The summed E-state index contributed by atoms with van der Waals surface area (Å²) in [6, 6.07) is 10.9. The summed E-state index contributed by atoms with van der Waals surface area (Å²) in [5.74, 6) is 0.286. The third-order valence-electron chi connectivity index (χ3n) is 3.34. The number of oxazole rings is 1. The molecule has 0 aliphatic carbocycles. The monoisotopic (exact) mass is 284 g/mol. The molecule has 0 unspecified atom stereocenters. The van der Waals surface area contributed by atoms with Crippen molar-refractivity contribution in [3.8, 4) is 11.5 Å². The molecule has 0 radical (unpaired) electrons. The molecule has 0 amide bonds. The Bertz CT molecular complexity index is 764. The zero-order chi connectivity index (χ0) is 14.8. The van der Waals surface area contributed by atoms with E-state index in [1.807, 2.05) is 18.2 Å². The molecular formula is C17H17FN2O. The van der Waals surface area contributed by atoms with Crippen molar-refractivity contribution in [3.05, 3.63) is 54.2 Å². The lowest BCUT2D eigenvalue weighted by atomic mass is 10.0. The van der Waals surface area contributed by atoms with Crippen LogP contribution in [0.2, 0.25) is 0 Å².